The number of nitrogens with one attached hydrogen (secondary N) is 2. The van der Waals surface area contributed by atoms with Gasteiger partial charge in [-0.25, -0.2) is 13.4 Å². The van der Waals surface area contributed by atoms with E-state index in [-0.39, 0.29) is 4.90 Å². The molecule has 0 atom stereocenters. The first-order valence-corrected chi connectivity index (χ1v) is 7.86. The van der Waals surface area contributed by atoms with Crippen LogP contribution in [-0.2, 0) is 16.4 Å². The van der Waals surface area contributed by atoms with E-state index < -0.39 is 10.0 Å². The van der Waals surface area contributed by atoms with Crippen molar-refractivity contribution in [2.45, 2.75) is 18.2 Å². The van der Waals surface area contributed by atoms with E-state index in [1.807, 2.05) is 13.0 Å². The van der Waals surface area contributed by atoms with E-state index in [0.717, 1.165) is 29.9 Å². The van der Waals surface area contributed by atoms with Gasteiger partial charge in [0.1, 0.15) is 5.82 Å². The standard InChI is InChI=1S/C14H15N3O2S/c1-10-3-2-4-14(16-10)17-20(18,19)12-5-6-13-11(9-12)7-8-15-13/h2-6,9,15H,7-8H2,1H3,(H,16,17). The molecule has 0 unspecified atom stereocenters. The number of rotatable bonds is 3. The number of pyridine rings is 1. The number of hydrogen-bond acceptors (Lipinski definition) is 4. The molecule has 0 amide bonds. The minimum absolute atomic E-state index is 0.267. The molecule has 0 spiro atoms. The van der Waals surface area contributed by atoms with Crippen molar-refractivity contribution in [1.82, 2.24) is 4.98 Å². The topological polar surface area (TPSA) is 71.1 Å². The molecule has 0 saturated carbocycles. The zero-order valence-electron chi connectivity index (χ0n) is 11.1. The molecule has 2 aromatic rings. The molecule has 5 nitrogen and oxygen atoms in total. The molecule has 0 bridgehead atoms. The van der Waals surface area contributed by atoms with Crippen molar-refractivity contribution in [3.63, 3.8) is 0 Å². The van der Waals surface area contributed by atoms with Crippen LogP contribution in [0.3, 0.4) is 0 Å². The van der Waals surface area contributed by atoms with Crippen molar-refractivity contribution in [2.75, 3.05) is 16.6 Å². The maximum absolute atomic E-state index is 12.3. The summed E-state index contributed by atoms with van der Waals surface area (Å²) in [5, 5.41) is 3.21. The van der Waals surface area contributed by atoms with E-state index in [2.05, 4.69) is 15.0 Å². The summed E-state index contributed by atoms with van der Waals surface area (Å²) in [4.78, 5) is 4.42. The number of nitrogens with zero attached hydrogens (tertiary/aromatic N) is 1. The molecule has 2 heterocycles. The van der Waals surface area contributed by atoms with Crippen molar-refractivity contribution in [1.29, 1.82) is 0 Å². The van der Waals surface area contributed by atoms with Gasteiger partial charge in [0.25, 0.3) is 10.0 Å². The van der Waals surface area contributed by atoms with Crippen LogP contribution in [0.4, 0.5) is 11.5 Å². The lowest BCUT2D eigenvalue weighted by atomic mass is 10.2. The molecule has 0 aliphatic carbocycles. The van der Waals surface area contributed by atoms with Gasteiger partial charge in [0.15, 0.2) is 0 Å². The van der Waals surface area contributed by atoms with Crippen LogP contribution in [0.25, 0.3) is 0 Å². The molecule has 0 radical (unpaired) electrons. The van der Waals surface area contributed by atoms with Gasteiger partial charge in [-0.1, -0.05) is 6.07 Å². The van der Waals surface area contributed by atoms with Crippen LogP contribution in [0.5, 0.6) is 0 Å². The van der Waals surface area contributed by atoms with E-state index in [9.17, 15) is 8.42 Å². The van der Waals surface area contributed by atoms with E-state index in [1.165, 1.54) is 0 Å². The van der Waals surface area contributed by atoms with Gasteiger partial charge in [0.05, 0.1) is 4.90 Å². The second-order valence-electron chi connectivity index (χ2n) is 4.77. The van der Waals surface area contributed by atoms with Gasteiger partial charge in [-0.15, -0.1) is 0 Å². The number of fused-ring (bicyclic) bond motifs is 1. The number of hydrogen-bond donors (Lipinski definition) is 2. The number of aromatic nitrogens is 1. The molecule has 0 fully saturated rings. The summed E-state index contributed by atoms with van der Waals surface area (Å²) < 4.78 is 27.2. The van der Waals surface area contributed by atoms with E-state index in [0.29, 0.717) is 5.82 Å². The predicted molar refractivity (Wildman–Crippen MR) is 78.4 cm³/mol. The normalized spacial score (nSPS) is 13.7. The Kier molecular flexibility index (Phi) is 3.10. The summed E-state index contributed by atoms with van der Waals surface area (Å²) in [5.41, 5.74) is 2.81. The highest BCUT2D eigenvalue weighted by molar-refractivity contribution is 7.92. The highest BCUT2D eigenvalue weighted by atomic mass is 32.2. The smallest absolute Gasteiger partial charge is 0.263 e. The lowest BCUT2D eigenvalue weighted by Gasteiger charge is -2.09. The number of aryl methyl sites for hydroxylation is 1. The fraction of sp³-hybridized carbons (Fsp3) is 0.214. The quantitative estimate of drug-likeness (QED) is 0.908. The Labute approximate surface area is 118 Å². The third-order valence-electron chi connectivity index (χ3n) is 3.22. The maximum atomic E-state index is 12.3. The Morgan fingerprint density at radius 1 is 1.25 bits per heavy atom. The first-order chi connectivity index (χ1) is 9.54. The summed E-state index contributed by atoms with van der Waals surface area (Å²) in [5.74, 6) is 0.337. The third kappa shape index (κ3) is 2.46. The molecule has 6 heteroatoms. The molecule has 1 aromatic carbocycles. The zero-order chi connectivity index (χ0) is 14.2. The largest absolute Gasteiger partial charge is 0.384 e. The molecule has 104 valence electrons. The summed E-state index contributed by atoms with van der Waals surface area (Å²) >= 11 is 0. The van der Waals surface area contributed by atoms with Crippen LogP contribution in [0, 0.1) is 6.92 Å². The summed E-state index contributed by atoms with van der Waals surface area (Å²) in [6.45, 7) is 2.67. The maximum Gasteiger partial charge on any atom is 0.263 e. The van der Waals surface area contributed by atoms with Gasteiger partial charge in [0.2, 0.25) is 0 Å². The Morgan fingerprint density at radius 2 is 2.10 bits per heavy atom. The molecule has 1 aliphatic heterocycles. The minimum Gasteiger partial charge on any atom is -0.384 e. The number of sulfonamides is 1. The second-order valence-corrected chi connectivity index (χ2v) is 6.45. The summed E-state index contributed by atoms with van der Waals surface area (Å²) in [7, 11) is -3.59. The van der Waals surface area contributed by atoms with Crippen LogP contribution in [0.15, 0.2) is 41.3 Å². The molecule has 3 rings (SSSR count). The van der Waals surface area contributed by atoms with Crippen LogP contribution in [-0.4, -0.2) is 19.9 Å². The van der Waals surface area contributed by atoms with Gasteiger partial charge >= 0.3 is 0 Å². The highest BCUT2D eigenvalue weighted by Crippen LogP contribution is 2.25. The van der Waals surface area contributed by atoms with Crippen LogP contribution < -0.4 is 10.0 Å². The molecule has 2 N–H and O–H groups in total. The Hall–Kier alpha value is -2.08. The van der Waals surface area contributed by atoms with E-state index in [4.69, 9.17) is 0 Å². The van der Waals surface area contributed by atoms with Gasteiger partial charge < -0.3 is 5.32 Å². The van der Waals surface area contributed by atoms with Crippen molar-refractivity contribution in [3.8, 4) is 0 Å². The van der Waals surface area contributed by atoms with Gasteiger partial charge in [0, 0.05) is 17.9 Å². The Balaban J connectivity index is 1.92. The van der Waals surface area contributed by atoms with E-state index in [1.54, 1.807) is 30.3 Å². The SMILES string of the molecule is Cc1cccc(NS(=O)(=O)c2ccc3c(c2)CCN3)n1. The average molecular weight is 289 g/mol. The van der Waals surface area contributed by atoms with Crippen LogP contribution in [0.1, 0.15) is 11.3 Å². The van der Waals surface area contributed by atoms with Gasteiger partial charge in [-0.3, -0.25) is 4.72 Å². The summed E-state index contributed by atoms with van der Waals surface area (Å²) in [6.07, 6.45) is 0.849. The van der Waals surface area contributed by atoms with Crippen LogP contribution in [0.2, 0.25) is 0 Å². The third-order valence-corrected chi connectivity index (χ3v) is 4.58. The fourth-order valence-corrected chi connectivity index (χ4v) is 3.30. The van der Waals surface area contributed by atoms with Gasteiger partial charge in [-0.05, 0) is 49.2 Å². The first kappa shape index (κ1) is 12.9. The van der Waals surface area contributed by atoms with Gasteiger partial charge in [-0.2, -0.15) is 0 Å². The molecular weight excluding hydrogens is 274 g/mol. The number of anilines is 2. The van der Waals surface area contributed by atoms with Crippen LogP contribution >= 0.6 is 0 Å². The lowest BCUT2D eigenvalue weighted by molar-refractivity contribution is 0.601. The Bertz CT molecular complexity index is 757. The monoisotopic (exact) mass is 289 g/mol. The van der Waals surface area contributed by atoms with Crippen molar-refractivity contribution in [3.05, 3.63) is 47.7 Å². The molecule has 0 saturated heterocycles. The predicted octanol–water partition coefficient (Wildman–Crippen LogP) is 2.16. The first-order valence-electron chi connectivity index (χ1n) is 6.38. The fourth-order valence-electron chi connectivity index (χ4n) is 2.24. The van der Waals surface area contributed by atoms with Crippen molar-refractivity contribution in [2.24, 2.45) is 0 Å². The van der Waals surface area contributed by atoms with Crippen molar-refractivity contribution >= 4 is 21.5 Å². The molecular formula is C14H15N3O2S. The average Bonchev–Trinajstić information content (AvgIpc) is 2.85. The minimum atomic E-state index is -3.59. The second kappa shape index (κ2) is 4.79. The molecule has 1 aliphatic rings. The van der Waals surface area contributed by atoms with E-state index >= 15 is 0 Å². The molecule has 20 heavy (non-hydrogen) atoms. The lowest BCUT2D eigenvalue weighted by Crippen LogP contribution is -2.14. The zero-order valence-corrected chi connectivity index (χ0v) is 11.9. The summed E-state index contributed by atoms with van der Waals surface area (Å²) in [6, 6.07) is 10.4. The Morgan fingerprint density at radius 3 is 2.90 bits per heavy atom. The van der Waals surface area contributed by atoms with Crippen molar-refractivity contribution < 1.29 is 8.42 Å². The highest BCUT2D eigenvalue weighted by Gasteiger charge is 2.18. The molecule has 1 aromatic heterocycles. The number of benzene rings is 1.